The van der Waals surface area contributed by atoms with Crippen molar-refractivity contribution in [2.45, 2.75) is 100 Å². The van der Waals surface area contributed by atoms with Gasteiger partial charge in [-0.2, -0.15) is 0 Å². The average molecular weight is 922 g/mol. The summed E-state index contributed by atoms with van der Waals surface area (Å²) in [5.74, 6) is 0.793. The van der Waals surface area contributed by atoms with Gasteiger partial charge in [-0.1, -0.05) is 0 Å². The molecule has 0 aromatic heterocycles. The van der Waals surface area contributed by atoms with Crippen LogP contribution in [0.1, 0.15) is 132 Å². The summed E-state index contributed by atoms with van der Waals surface area (Å²) in [4.78, 5) is 0. The monoisotopic (exact) mass is 919 g/mol. The molecule has 0 saturated heterocycles. The van der Waals surface area contributed by atoms with Gasteiger partial charge in [0.1, 0.15) is 0 Å². The Labute approximate surface area is 370 Å². The van der Waals surface area contributed by atoms with Crippen molar-refractivity contribution in [1.82, 2.24) is 0 Å². The van der Waals surface area contributed by atoms with E-state index in [2.05, 4.69) is 183 Å². The summed E-state index contributed by atoms with van der Waals surface area (Å²) in [5, 5.41) is 2.97. The zero-order chi connectivity index (χ0) is 42.1. The van der Waals surface area contributed by atoms with Gasteiger partial charge in [-0.3, -0.25) is 0 Å². The molecule has 0 radical (unpaired) electrons. The van der Waals surface area contributed by atoms with Crippen LogP contribution >= 0.6 is 17.0 Å². The second kappa shape index (κ2) is 16.0. The van der Waals surface area contributed by atoms with Crippen LogP contribution in [0.5, 0.6) is 0 Å². The minimum absolute atomic E-state index is 0.101. The van der Waals surface area contributed by atoms with E-state index < -0.39 is 25.9 Å². The van der Waals surface area contributed by atoms with Gasteiger partial charge in [0.05, 0.1) is 0 Å². The van der Waals surface area contributed by atoms with Crippen LogP contribution in [0, 0.1) is 0 Å². The number of hydrogen-bond acceptors (Lipinski definition) is 0. The molecule has 0 saturated carbocycles. The zero-order valence-electron chi connectivity index (χ0n) is 36.7. The minimum atomic E-state index is -5.58. The van der Waals surface area contributed by atoms with Gasteiger partial charge in [-0.15, -0.1) is 0 Å². The van der Waals surface area contributed by atoms with Gasteiger partial charge in [0, 0.05) is 0 Å². The third-order valence-corrected chi connectivity index (χ3v) is 37.4. The van der Waals surface area contributed by atoms with E-state index in [1.165, 1.54) is 103 Å². The first-order chi connectivity index (χ1) is 28.9. The summed E-state index contributed by atoms with van der Waals surface area (Å²) in [6.07, 6.45) is 9.23. The molecule has 2 aliphatic carbocycles. The maximum atomic E-state index is 9.28. The summed E-state index contributed by atoms with van der Waals surface area (Å²) in [6, 6.07) is 44.0. The number of rotatable bonds is 11. The van der Waals surface area contributed by atoms with E-state index >= 15 is 0 Å². The maximum absolute atomic E-state index is 9.28. The fraction of sp³-hybridized carbons (Fsp3) is 0.286. The Morgan fingerprint density at radius 1 is 0.533 bits per heavy atom. The molecule has 3 aliphatic rings. The molecular formula is C56H59Cl2SiZr. The number of benzene rings is 6. The fourth-order valence-electron chi connectivity index (χ4n) is 11.8. The van der Waals surface area contributed by atoms with Gasteiger partial charge >= 0.3 is 373 Å². The molecule has 9 rings (SSSR count). The van der Waals surface area contributed by atoms with Crippen LogP contribution in [-0.2, 0) is 29.2 Å². The predicted molar refractivity (Wildman–Crippen MR) is 264 cm³/mol. The first kappa shape index (κ1) is 41.8. The van der Waals surface area contributed by atoms with Crippen molar-refractivity contribution < 1.29 is 16.4 Å². The van der Waals surface area contributed by atoms with Crippen molar-refractivity contribution in [3.8, 4) is 33.4 Å². The molecule has 2 atom stereocenters. The van der Waals surface area contributed by atoms with Gasteiger partial charge in [0.25, 0.3) is 0 Å². The predicted octanol–water partition coefficient (Wildman–Crippen LogP) is 14.2. The Bertz CT molecular complexity index is 2610. The number of halogens is 2. The third-order valence-electron chi connectivity index (χ3n) is 14.2. The SMILES string of the molecule is CCCc1ccc2c(c1-c1ccccc1C(C)C)C=C(C)[CH]2[Zr]([Cl])([Cl])([c]1cccc2c1[SiH2]c1ccccc1-2)[CH]1C(C)=Cc2c1ccc(CCC)c2-c1ccccc1C(C)C. The van der Waals surface area contributed by atoms with Crippen LogP contribution in [-0.4, -0.2) is 9.52 Å². The van der Waals surface area contributed by atoms with Crippen LogP contribution < -0.4 is 13.6 Å². The number of hydrogen-bond donors (Lipinski definition) is 0. The molecule has 0 fully saturated rings. The van der Waals surface area contributed by atoms with Crippen molar-refractivity contribution in [3.05, 3.63) is 171 Å². The van der Waals surface area contributed by atoms with E-state index in [4.69, 9.17) is 0 Å². The number of aryl methyl sites for hydroxylation is 2. The Morgan fingerprint density at radius 2 is 0.983 bits per heavy atom. The summed E-state index contributed by atoms with van der Waals surface area (Å²) in [7, 11) is 17.7. The zero-order valence-corrected chi connectivity index (χ0v) is 42.1. The summed E-state index contributed by atoms with van der Waals surface area (Å²) < 4.78 is 1.09. The van der Waals surface area contributed by atoms with Crippen molar-refractivity contribution in [3.63, 3.8) is 0 Å². The molecule has 0 spiro atoms. The number of fused-ring (bicyclic) bond motifs is 5. The van der Waals surface area contributed by atoms with Gasteiger partial charge in [0.15, 0.2) is 0 Å². The van der Waals surface area contributed by atoms with E-state index in [9.17, 15) is 17.0 Å². The normalized spacial score (nSPS) is 17.6. The molecular weight excluding hydrogens is 863 g/mol. The van der Waals surface area contributed by atoms with E-state index in [1.807, 2.05) is 0 Å². The van der Waals surface area contributed by atoms with E-state index in [-0.39, 0.29) is 7.25 Å². The van der Waals surface area contributed by atoms with Gasteiger partial charge in [-0.25, -0.2) is 0 Å². The van der Waals surface area contributed by atoms with Crippen LogP contribution in [0.3, 0.4) is 0 Å². The molecule has 0 N–H and O–H groups in total. The Morgan fingerprint density at radius 3 is 1.47 bits per heavy atom. The molecule has 2 unspecified atom stereocenters. The van der Waals surface area contributed by atoms with Gasteiger partial charge in [0.2, 0.25) is 0 Å². The first-order valence-electron chi connectivity index (χ1n) is 22.5. The molecule has 305 valence electrons. The molecule has 4 heteroatoms. The van der Waals surface area contributed by atoms with E-state index in [0.717, 1.165) is 25.7 Å². The average Bonchev–Trinajstić information content (AvgIpc) is 3.91. The fourth-order valence-corrected chi connectivity index (χ4v) is 40.6. The van der Waals surface area contributed by atoms with E-state index in [0.29, 0.717) is 11.8 Å². The second-order valence-electron chi connectivity index (χ2n) is 18.6. The van der Waals surface area contributed by atoms with Crippen molar-refractivity contribution in [1.29, 1.82) is 0 Å². The molecule has 0 amide bonds. The van der Waals surface area contributed by atoms with E-state index in [1.54, 1.807) is 0 Å². The molecule has 6 aromatic rings. The number of allylic oxidation sites excluding steroid dienone is 2. The first-order valence-corrected chi connectivity index (χ1v) is 34.3. The van der Waals surface area contributed by atoms with Gasteiger partial charge in [-0.05, 0) is 0 Å². The molecule has 1 aliphatic heterocycles. The summed E-state index contributed by atoms with van der Waals surface area (Å²) >= 11 is -5.58. The van der Waals surface area contributed by atoms with Crippen LogP contribution in [0.2, 0.25) is 0 Å². The van der Waals surface area contributed by atoms with Crippen LogP contribution in [0.15, 0.2) is 126 Å². The Hall–Kier alpha value is -3.52. The van der Waals surface area contributed by atoms with Gasteiger partial charge < -0.3 is 0 Å². The third kappa shape index (κ3) is 6.45. The second-order valence-corrected chi connectivity index (χ2v) is 41.1. The van der Waals surface area contributed by atoms with Crippen LogP contribution in [0.25, 0.3) is 45.5 Å². The van der Waals surface area contributed by atoms with Crippen molar-refractivity contribution in [2.75, 3.05) is 0 Å². The van der Waals surface area contributed by atoms with Crippen molar-refractivity contribution >= 4 is 52.3 Å². The summed E-state index contributed by atoms with van der Waals surface area (Å²) in [6.45, 7) is 18.6. The standard InChI is InChI=1S/2C22H25.C12H9Si.2ClH.Zr/c2*1-5-8-17-11-12-18-13-16(4)14-21(18)22(17)20-10-7-6-9-19(20)15(2)3;1-3-7-11-9(5-1)10-6-2-4-8-12(10)13-11;;;/h2*6-7,9-15H,5,8H2,1-4H3;1-7H,13H2;2*1H;/q;;;;;+2/p-2. The topological polar surface area (TPSA) is 0 Å². The van der Waals surface area contributed by atoms with Crippen molar-refractivity contribution in [2.24, 2.45) is 0 Å². The van der Waals surface area contributed by atoms with Crippen LogP contribution in [0.4, 0.5) is 0 Å². The molecule has 1 heterocycles. The molecule has 60 heavy (non-hydrogen) atoms. The quantitative estimate of drug-likeness (QED) is 0.113. The molecule has 6 aromatic carbocycles. The Balaban J connectivity index is 1.36. The summed E-state index contributed by atoms with van der Waals surface area (Å²) in [5.41, 5.74) is 21.7. The molecule has 0 nitrogen and oxygen atoms in total. The Kier molecular flexibility index (Phi) is 11.1. The molecule has 0 bridgehead atoms.